The van der Waals surface area contributed by atoms with Gasteiger partial charge in [0.1, 0.15) is 5.82 Å². The van der Waals surface area contributed by atoms with E-state index in [2.05, 4.69) is 40.1 Å². The molecule has 1 aromatic rings. The number of aliphatic imine (C=N–C) groups is 1. The highest BCUT2D eigenvalue weighted by Crippen LogP contribution is 2.31. The Labute approximate surface area is 124 Å². The average molecular weight is 349 g/mol. The number of anilines is 1. The van der Waals surface area contributed by atoms with Crippen LogP contribution < -0.4 is 5.32 Å². The fourth-order valence-corrected chi connectivity index (χ4v) is 3.67. The lowest BCUT2D eigenvalue weighted by Crippen LogP contribution is -2.11. The fraction of sp³-hybridized carbons (Fsp3) is 0.462. The molecule has 1 aromatic carbocycles. The van der Waals surface area contributed by atoms with E-state index in [0.29, 0.717) is 20.8 Å². The summed E-state index contributed by atoms with van der Waals surface area (Å²) in [5, 5.41) is 4.06. The summed E-state index contributed by atoms with van der Waals surface area (Å²) in [6.45, 7) is 5.08. The third-order valence-corrected chi connectivity index (χ3v) is 4.44. The lowest BCUT2D eigenvalue weighted by atomic mass is 10.1. The molecule has 1 N–H and O–H groups in total. The van der Waals surface area contributed by atoms with Crippen LogP contribution in [0, 0.1) is 17.6 Å². The summed E-state index contributed by atoms with van der Waals surface area (Å²) in [5.74, 6) is -0.613. The molecule has 0 aromatic heterocycles. The molecule has 1 aliphatic rings. The van der Waals surface area contributed by atoms with Crippen LogP contribution in [0.1, 0.15) is 20.3 Å². The molecule has 0 saturated carbocycles. The molecule has 1 atom stereocenters. The zero-order valence-corrected chi connectivity index (χ0v) is 13.1. The van der Waals surface area contributed by atoms with E-state index in [0.717, 1.165) is 19.0 Å². The van der Waals surface area contributed by atoms with E-state index in [1.54, 1.807) is 11.8 Å². The second-order valence-corrected chi connectivity index (χ2v) is 7.03. The van der Waals surface area contributed by atoms with Crippen LogP contribution in [-0.4, -0.2) is 17.0 Å². The Kier molecular flexibility index (Phi) is 4.84. The molecule has 2 nitrogen and oxygen atoms in total. The Hall–Kier alpha value is -0.620. The van der Waals surface area contributed by atoms with Crippen molar-refractivity contribution in [3.63, 3.8) is 0 Å². The first-order chi connectivity index (χ1) is 8.95. The normalized spacial score (nSPS) is 18.8. The number of nitrogens with one attached hydrogen (secondary N) is 1. The van der Waals surface area contributed by atoms with Crippen LogP contribution >= 0.6 is 27.7 Å². The topological polar surface area (TPSA) is 24.4 Å². The molecule has 1 aliphatic heterocycles. The molecule has 1 unspecified atom stereocenters. The van der Waals surface area contributed by atoms with Crippen molar-refractivity contribution in [1.29, 1.82) is 0 Å². The van der Waals surface area contributed by atoms with Gasteiger partial charge >= 0.3 is 0 Å². The van der Waals surface area contributed by atoms with Crippen LogP contribution in [-0.2, 0) is 0 Å². The first-order valence-electron chi connectivity index (χ1n) is 6.08. The van der Waals surface area contributed by atoms with Crippen LogP contribution in [0.4, 0.5) is 14.5 Å². The van der Waals surface area contributed by atoms with Crippen molar-refractivity contribution in [2.45, 2.75) is 25.5 Å². The summed E-state index contributed by atoms with van der Waals surface area (Å²) in [7, 11) is 0. The number of halogens is 3. The number of hydrogen-bond donors (Lipinski definition) is 1. The van der Waals surface area contributed by atoms with E-state index in [4.69, 9.17) is 0 Å². The second kappa shape index (κ2) is 6.22. The molecular weight excluding hydrogens is 334 g/mol. The maximum atomic E-state index is 13.7. The van der Waals surface area contributed by atoms with E-state index in [9.17, 15) is 8.78 Å². The lowest BCUT2D eigenvalue weighted by molar-refractivity contribution is 0.575. The number of benzene rings is 1. The Balaban J connectivity index is 2.04. The van der Waals surface area contributed by atoms with E-state index in [1.807, 2.05) is 0 Å². The monoisotopic (exact) mass is 348 g/mol. The zero-order chi connectivity index (χ0) is 14.0. The molecule has 0 spiro atoms. The Bertz CT molecular complexity index is 482. The van der Waals surface area contributed by atoms with Gasteiger partial charge in [-0.3, -0.25) is 4.99 Å². The van der Waals surface area contributed by atoms with Crippen LogP contribution in [0.2, 0.25) is 0 Å². The van der Waals surface area contributed by atoms with Gasteiger partial charge in [0, 0.05) is 15.8 Å². The first-order valence-corrected chi connectivity index (χ1v) is 7.75. The zero-order valence-electron chi connectivity index (χ0n) is 10.7. The van der Waals surface area contributed by atoms with Gasteiger partial charge in [0.05, 0.1) is 12.2 Å². The minimum Gasteiger partial charge on any atom is -0.332 e. The largest absolute Gasteiger partial charge is 0.332 e. The maximum Gasteiger partial charge on any atom is 0.161 e. The molecule has 1 heterocycles. The number of amidine groups is 1. The van der Waals surface area contributed by atoms with Crippen LogP contribution in [0.5, 0.6) is 0 Å². The van der Waals surface area contributed by atoms with Crippen molar-refractivity contribution in [3.05, 3.63) is 28.2 Å². The molecule has 19 heavy (non-hydrogen) atoms. The van der Waals surface area contributed by atoms with Crippen LogP contribution in [0.25, 0.3) is 0 Å². The number of rotatable bonds is 3. The number of nitrogens with zero attached hydrogens (tertiary/aromatic N) is 1. The summed E-state index contributed by atoms with van der Waals surface area (Å²) in [6.07, 6.45) is 1.08. The van der Waals surface area contributed by atoms with Gasteiger partial charge in [-0.2, -0.15) is 0 Å². The van der Waals surface area contributed by atoms with Crippen molar-refractivity contribution >= 4 is 38.5 Å². The molecule has 2 rings (SSSR count). The van der Waals surface area contributed by atoms with Crippen molar-refractivity contribution in [3.8, 4) is 0 Å². The van der Waals surface area contributed by atoms with Gasteiger partial charge in [-0.15, -0.1) is 0 Å². The van der Waals surface area contributed by atoms with Crippen molar-refractivity contribution in [2.75, 3.05) is 11.9 Å². The van der Waals surface area contributed by atoms with E-state index >= 15 is 0 Å². The van der Waals surface area contributed by atoms with Gasteiger partial charge < -0.3 is 5.32 Å². The van der Waals surface area contributed by atoms with Crippen molar-refractivity contribution in [1.82, 2.24) is 0 Å². The molecular formula is C13H15BrF2N2S. The summed E-state index contributed by atoms with van der Waals surface area (Å²) >= 11 is 4.77. The standard InChI is InChI=1S/C13H15BrF2N2S/c1-7(2)3-9-6-17-13(19-9)18-12-10(14)4-8(15)5-11(12)16/h4-5,7,9H,3,6H2,1-2H3,(H,17,18). The summed E-state index contributed by atoms with van der Waals surface area (Å²) in [6, 6.07) is 2.09. The summed E-state index contributed by atoms with van der Waals surface area (Å²) < 4.78 is 27.0. The third-order valence-electron chi connectivity index (χ3n) is 2.69. The quantitative estimate of drug-likeness (QED) is 0.859. The Morgan fingerprint density at radius 1 is 1.47 bits per heavy atom. The maximum absolute atomic E-state index is 13.7. The Morgan fingerprint density at radius 3 is 2.84 bits per heavy atom. The molecule has 0 aliphatic carbocycles. The van der Waals surface area contributed by atoms with E-state index < -0.39 is 11.6 Å². The minimum absolute atomic E-state index is 0.234. The molecule has 0 fully saturated rings. The highest BCUT2D eigenvalue weighted by Gasteiger charge is 2.22. The third kappa shape index (κ3) is 3.92. The number of hydrogen-bond acceptors (Lipinski definition) is 3. The molecule has 0 bridgehead atoms. The smallest absolute Gasteiger partial charge is 0.161 e. The average Bonchev–Trinajstić information content (AvgIpc) is 2.70. The predicted octanol–water partition coefficient (Wildman–Crippen LogP) is 4.66. The molecule has 104 valence electrons. The molecule has 0 saturated heterocycles. The summed E-state index contributed by atoms with van der Waals surface area (Å²) in [5.41, 5.74) is 0.234. The Morgan fingerprint density at radius 2 is 2.21 bits per heavy atom. The van der Waals surface area contributed by atoms with Crippen molar-refractivity contribution < 1.29 is 8.78 Å². The predicted molar refractivity (Wildman–Crippen MR) is 80.8 cm³/mol. The van der Waals surface area contributed by atoms with Gasteiger partial charge in [0.2, 0.25) is 0 Å². The second-order valence-electron chi connectivity index (χ2n) is 4.88. The van der Waals surface area contributed by atoms with Crippen LogP contribution in [0.15, 0.2) is 21.6 Å². The van der Waals surface area contributed by atoms with Gasteiger partial charge in [-0.05, 0) is 34.3 Å². The minimum atomic E-state index is -0.623. The van der Waals surface area contributed by atoms with Gasteiger partial charge in [-0.1, -0.05) is 25.6 Å². The highest BCUT2D eigenvalue weighted by molar-refractivity contribution is 9.10. The van der Waals surface area contributed by atoms with Gasteiger partial charge in [0.25, 0.3) is 0 Å². The molecule has 0 radical (unpaired) electrons. The molecule has 0 amide bonds. The lowest BCUT2D eigenvalue weighted by Gasteiger charge is -2.12. The first kappa shape index (κ1) is 14.8. The molecule has 6 heteroatoms. The van der Waals surface area contributed by atoms with Crippen molar-refractivity contribution in [2.24, 2.45) is 10.9 Å². The number of thioether (sulfide) groups is 1. The summed E-state index contributed by atoms with van der Waals surface area (Å²) in [4.78, 5) is 4.36. The van der Waals surface area contributed by atoms with Gasteiger partial charge in [-0.25, -0.2) is 8.78 Å². The van der Waals surface area contributed by atoms with E-state index in [1.165, 1.54) is 6.07 Å². The SMILES string of the molecule is CC(C)CC1CN=C(Nc2c(F)cc(F)cc2Br)S1. The highest BCUT2D eigenvalue weighted by atomic mass is 79.9. The fourth-order valence-electron chi connectivity index (χ4n) is 1.90. The van der Waals surface area contributed by atoms with E-state index in [-0.39, 0.29) is 5.69 Å². The van der Waals surface area contributed by atoms with Gasteiger partial charge in [0.15, 0.2) is 11.0 Å². The van der Waals surface area contributed by atoms with Crippen LogP contribution in [0.3, 0.4) is 0 Å².